The molecule has 0 aromatic heterocycles. The third-order valence-corrected chi connectivity index (χ3v) is 8.06. The maximum absolute atomic E-state index is 14.0. The molecule has 0 bridgehead atoms. The lowest BCUT2D eigenvalue weighted by Crippen LogP contribution is -2.52. The van der Waals surface area contributed by atoms with Gasteiger partial charge >= 0.3 is 0 Å². The molecule has 3 aromatic carbocycles. The zero-order chi connectivity index (χ0) is 28.7. The predicted octanol–water partition coefficient (Wildman–Crippen LogP) is 4.45. The van der Waals surface area contributed by atoms with Gasteiger partial charge in [-0.2, -0.15) is 0 Å². The van der Waals surface area contributed by atoms with Gasteiger partial charge in [-0.25, -0.2) is 8.42 Å². The normalized spacial score (nSPS) is 12.1. The van der Waals surface area contributed by atoms with Crippen LogP contribution in [0, 0.1) is 13.8 Å². The topological polar surface area (TPSA) is 96.0 Å². The van der Waals surface area contributed by atoms with Crippen molar-refractivity contribution in [2.75, 3.05) is 18.0 Å². The van der Waals surface area contributed by atoms with E-state index in [9.17, 15) is 18.0 Å². The van der Waals surface area contributed by atoms with Crippen LogP contribution in [0.15, 0.2) is 77.7 Å². The fourth-order valence-electron chi connectivity index (χ4n) is 4.11. The third kappa shape index (κ3) is 7.38. The summed E-state index contributed by atoms with van der Waals surface area (Å²) in [5, 5.41) is 2.85. The highest BCUT2D eigenvalue weighted by Gasteiger charge is 2.34. The van der Waals surface area contributed by atoms with Crippen LogP contribution in [-0.4, -0.2) is 50.9 Å². The highest BCUT2D eigenvalue weighted by molar-refractivity contribution is 7.92. The minimum atomic E-state index is -4.18. The molecule has 0 aliphatic heterocycles. The van der Waals surface area contributed by atoms with Gasteiger partial charge in [-0.05, 0) is 70.0 Å². The predicted molar refractivity (Wildman–Crippen MR) is 153 cm³/mol. The van der Waals surface area contributed by atoms with Gasteiger partial charge in [0.05, 0.1) is 17.7 Å². The van der Waals surface area contributed by atoms with E-state index in [2.05, 4.69) is 5.32 Å². The number of methoxy groups -OCH3 is 1. The van der Waals surface area contributed by atoms with E-state index >= 15 is 0 Å². The molecule has 208 valence electrons. The van der Waals surface area contributed by atoms with Gasteiger partial charge in [0.2, 0.25) is 11.8 Å². The molecule has 0 saturated heterocycles. The van der Waals surface area contributed by atoms with Crippen LogP contribution in [0.2, 0.25) is 0 Å². The van der Waals surface area contributed by atoms with Crippen molar-refractivity contribution in [2.24, 2.45) is 0 Å². The lowest BCUT2D eigenvalue weighted by atomic mass is 10.1. The van der Waals surface area contributed by atoms with Crippen molar-refractivity contribution in [1.29, 1.82) is 0 Å². The minimum absolute atomic E-state index is 0.0460. The second-order valence-corrected chi connectivity index (χ2v) is 11.7. The lowest BCUT2D eigenvalue weighted by molar-refractivity contribution is -0.139. The molecule has 8 nitrogen and oxygen atoms in total. The second-order valence-electron chi connectivity index (χ2n) is 9.85. The summed E-state index contributed by atoms with van der Waals surface area (Å²) in [6, 6.07) is 19.9. The first-order chi connectivity index (χ1) is 18.4. The SMILES string of the molecule is COc1ccc(C)cc1N(CC(=O)N(Cc1ccccc1)[C@@H](C)C(=O)NC(C)C)S(=O)(=O)c1ccc(C)cc1. The van der Waals surface area contributed by atoms with Crippen LogP contribution in [0.3, 0.4) is 0 Å². The van der Waals surface area contributed by atoms with Gasteiger partial charge in [-0.15, -0.1) is 0 Å². The number of hydrogen-bond donors (Lipinski definition) is 1. The summed E-state index contributed by atoms with van der Waals surface area (Å²) >= 11 is 0. The molecule has 0 radical (unpaired) electrons. The molecule has 2 amide bonds. The number of nitrogens with one attached hydrogen (secondary N) is 1. The molecular weight excluding hydrogens is 514 g/mol. The van der Waals surface area contributed by atoms with E-state index in [4.69, 9.17) is 4.74 Å². The Morgan fingerprint density at radius 2 is 1.51 bits per heavy atom. The first kappa shape index (κ1) is 29.7. The number of rotatable bonds is 11. The Morgan fingerprint density at radius 3 is 2.10 bits per heavy atom. The van der Waals surface area contributed by atoms with E-state index in [1.54, 1.807) is 37.3 Å². The number of aryl methyl sites for hydroxylation is 2. The Hall–Kier alpha value is -3.85. The molecule has 0 heterocycles. The molecule has 39 heavy (non-hydrogen) atoms. The van der Waals surface area contributed by atoms with E-state index in [-0.39, 0.29) is 29.1 Å². The van der Waals surface area contributed by atoms with Crippen LogP contribution < -0.4 is 14.4 Å². The van der Waals surface area contributed by atoms with Gasteiger partial charge in [0.1, 0.15) is 18.3 Å². The van der Waals surface area contributed by atoms with Gasteiger partial charge in [0.15, 0.2) is 0 Å². The van der Waals surface area contributed by atoms with Gasteiger partial charge in [0.25, 0.3) is 10.0 Å². The van der Waals surface area contributed by atoms with Crippen molar-refractivity contribution in [3.63, 3.8) is 0 Å². The number of sulfonamides is 1. The number of ether oxygens (including phenoxy) is 1. The molecule has 0 saturated carbocycles. The van der Waals surface area contributed by atoms with Gasteiger partial charge in [-0.3, -0.25) is 13.9 Å². The number of carbonyl (C=O) groups excluding carboxylic acids is 2. The van der Waals surface area contributed by atoms with E-state index in [0.717, 1.165) is 21.0 Å². The first-order valence-electron chi connectivity index (χ1n) is 12.8. The van der Waals surface area contributed by atoms with E-state index in [1.165, 1.54) is 24.1 Å². The van der Waals surface area contributed by atoms with Gasteiger partial charge in [0, 0.05) is 12.6 Å². The average Bonchev–Trinajstić information content (AvgIpc) is 2.90. The van der Waals surface area contributed by atoms with Crippen molar-refractivity contribution < 1.29 is 22.7 Å². The monoisotopic (exact) mass is 551 g/mol. The Bertz CT molecular complexity index is 1390. The number of anilines is 1. The summed E-state index contributed by atoms with van der Waals surface area (Å²) in [5.74, 6) is -0.538. The van der Waals surface area contributed by atoms with Crippen LogP contribution in [0.25, 0.3) is 0 Å². The van der Waals surface area contributed by atoms with Crippen LogP contribution >= 0.6 is 0 Å². The summed E-state index contributed by atoms with van der Waals surface area (Å²) in [4.78, 5) is 28.4. The summed E-state index contributed by atoms with van der Waals surface area (Å²) in [6.07, 6.45) is 0. The highest BCUT2D eigenvalue weighted by atomic mass is 32.2. The largest absolute Gasteiger partial charge is 0.495 e. The number of carbonyl (C=O) groups is 2. The van der Waals surface area contributed by atoms with Crippen LogP contribution in [0.1, 0.15) is 37.5 Å². The molecule has 0 fully saturated rings. The molecule has 0 aliphatic rings. The van der Waals surface area contributed by atoms with Crippen molar-refractivity contribution in [3.05, 3.63) is 89.5 Å². The molecule has 1 N–H and O–H groups in total. The zero-order valence-corrected chi connectivity index (χ0v) is 24.2. The standard InChI is InChI=1S/C30H37N3O5S/c1-21(2)31-30(35)24(5)32(19-25-10-8-7-9-11-25)29(34)20-33(27-18-23(4)14-17-28(27)38-6)39(36,37)26-15-12-22(3)13-16-26/h7-18,21,24H,19-20H2,1-6H3,(H,31,35)/t24-/m0/s1. The van der Waals surface area contributed by atoms with Crippen molar-refractivity contribution in [1.82, 2.24) is 10.2 Å². The van der Waals surface area contributed by atoms with Gasteiger partial charge < -0.3 is 15.0 Å². The number of hydrogen-bond acceptors (Lipinski definition) is 5. The summed E-state index contributed by atoms with van der Waals surface area (Å²) in [5.41, 5.74) is 2.76. The minimum Gasteiger partial charge on any atom is -0.495 e. The lowest BCUT2D eigenvalue weighted by Gasteiger charge is -2.32. The Balaban J connectivity index is 2.09. The molecule has 3 rings (SSSR count). The molecule has 0 aliphatic carbocycles. The maximum atomic E-state index is 14.0. The maximum Gasteiger partial charge on any atom is 0.264 e. The van der Waals surface area contributed by atoms with E-state index in [0.29, 0.717) is 5.75 Å². The Labute approximate surface area is 231 Å². The number of nitrogens with zero attached hydrogens (tertiary/aromatic N) is 2. The Morgan fingerprint density at radius 1 is 0.897 bits per heavy atom. The van der Waals surface area contributed by atoms with Crippen LogP contribution in [0.4, 0.5) is 5.69 Å². The fourth-order valence-corrected chi connectivity index (χ4v) is 5.53. The summed E-state index contributed by atoms with van der Waals surface area (Å²) in [6.45, 7) is 8.64. The van der Waals surface area contributed by atoms with Crippen molar-refractivity contribution >= 4 is 27.5 Å². The van der Waals surface area contributed by atoms with Crippen LogP contribution in [-0.2, 0) is 26.2 Å². The Kier molecular flexibility index (Phi) is 9.75. The summed E-state index contributed by atoms with van der Waals surface area (Å²) < 4.78 is 34.6. The smallest absolute Gasteiger partial charge is 0.264 e. The number of amides is 2. The first-order valence-corrected chi connectivity index (χ1v) is 14.3. The van der Waals surface area contributed by atoms with E-state index < -0.39 is 28.5 Å². The molecule has 1 atom stereocenters. The van der Waals surface area contributed by atoms with Crippen molar-refractivity contribution in [2.45, 2.75) is 58.1 Å². The zero-order valence-electron chi connectivity index (χ0n) is 23.3. The highest BCUT2D eigenvalue weighted by Crippen LogP contribution is 2.33. The number of benzene rings is 3. The summed E-state index contributed by atoms with van der Waals surface area (Å²) in [7, 11) is -2.73. The molecule has 0 unspecified atom stereocenters. The van der Waals surface area contributed by atoms with Gasteiger partial charge in [-0.1, -0.05) is 54.1 Å². The fraction of sp³-hybridized carbons (Fsp3) is 0.333. The average molecular weight is 552 g/mol. The second kappa shape index (κ2) is 12.8. The molecule has 9 heteroatoms. The molecular formula is C30H37N3O5S. The van der Waals surface area contributed by atoms with Crippen LogP contribution in [0.5, 0.6) is 5.75 Å². The third-order valence-electron chi connectivity index (χ3n) is 6.28. The van der Waals surface area contributed by atoms with Crippen molar-refractivity contribution in [3.8, 4) is 5.75 Å². The van der Waals surface area contributed by atoms with E-state index in [1.807, 2.05) is 58.0 Å². The molecule has 0 spiro atoms. The quantitative estimate of drug-likeness (QED) is 0.380. The molecule has 3 aromatic rings.